The second-order valence-corrected chi connectivity index (χ2v) is 11.4. The highest BCUT2D eigenvalue weighted by atomic mass is 35.5. The van der Waals surface area contributed by atoms with E-state index in [-0.39, 0.29) is 22.2 Å². The molecule has 3 aliphatic rings. The molecule has 3 aromatic rings. The molecular weight excluding hydrogens is 473 g/mol. The highest BCUT2D eigenvalue weighted by molar-refractivity contribution is 8.00. The number of rotatable bonds is 3. The molecule has 9 heteroatoms. The molecule has 174 valence electrons. The molecule has 0 radical (unpaired) electrons. The molecule has 6 nitrogen and oxygen atoms in total. The minimum absolute atomic E-state index is 0.0662. The Kier molecular flexibility index (Phi) is 4.92. The van der Waals surface area contributed by atoms with Gasteiger partial charge < -0.3 is 10.6 Å². The zero-order chi connectivity index (χ0) is 23.7. The highest BCUT2D eigenvalue weighted by Gasteiger charge is 2.46. The molecule has 0 saturated heterocycles. The van der Waals surface area contributed by atoms with Gasteiger partial charge in [0.25, 0.3) is 5.91 Å². The fourth-order valence-electron chi connectivity index (χ4n) is 4.95. The lowest BCUT2D eigenvalue weighted by Crippen LogP contribution is -2.49. The highest BCUT2D eigenvalue weighted by Crippen LogP contribution is 2.49. The molecule has 0 bridgehead atoms. The first-order valence-corrected chi connectivity index (χ1v) is 12.5. The maximum atomic E-state index is 14.7. The Hall–Kier alpha value is -2.68. The molecule has 1 amide bonds. The van der Waals surface area contributed by atoms with Crippen LogP contribution in [-0.2, 0) is 12.0 Å². The Labute approximate surface area is 206 Å². The van der Waals surface area contributed by atoms with E-state index < -0.39 is 10.7 Å². The Morgan fingerprint density at radius 3 is 2.82 bits per heavy atom. The molecular formula is C25H23ClFN5OS. The van der Waals surface area contributed by atoms with Crippen molar-refractivity contribution in [1.29, 1.82) is 0 Å². The van der Waals surface area contributed by atoms with Crippen molar-refractivity contribution >= 4 is 46.6 Å². The second kappa shape index (κ2) is 7.66. The standard InChI is InChI=1S/C25H23ClFN5OS/c1-24(2)32(20-18(26)4-3-5-19(20)27)22(33)16-13-28-23(31-21(16)34-24)30-15-6-7-17-14(12-15)8-11-29-25(17)9-10-25/h3-7,12-13,29H,8-11H2,1-2H3,(H,28,30,31). The zero-order valence-electron chi connectivity index (χ0n) is 18.8. The number of benzene rings is 2. The monoisotopic (exact) mass is 495 g/mol. The van der Waals surface area contributed by atoms with Gasteiger partial charge in [0.1, 0.15) is 10.8 Å². The van der Waals surface area contributed by atoms with Crippen LogP contribution in [0.15, 0.2) is 47.6 Å². The summed E-state index contributed by atoms with van der Waals surface area (Å²) in [5.41, 5.74) is 4.23. The number of hydrogen-bond donors (Lipinski definition) is 2. The van der Waals surface area contributed by atoms with Crippen LogP contribution in [0.1, 0.15) is 48.2 Å². The molecule has 1 fully saturated rings. The molecule has 0 unspecified atom stereocenters. The zero-order valence-corrected chi connectivity index (χ0v) is 20.4. The lowest BCUT2D eigenvalue weighted by molar-refractivity contribution is 0.0968. The predicted octanol–water partition coefficient (Wildman–Crippen LogP) is 5.64. The van der Waals surface area contributed by atoms with Gasteiger partial charge in [-0.25, -0.2) is 14.4 Å². The van der Waals surface area contributed by atoms with E-state index in [2.05, 4.69) is 38.8 Å². The third-order valence-corrected chi connectivity index (χ3v) is 8.21. The summed E-state index contributed by atoms with van der Waals surface area (Å²) in [7, 11) is 0. The van der Waals surface area contributed by atoms with E-state index in [1.54, 1.807) is 6.07 Å². The molecule has 3 heterocycles. The lowest BCUT2D eigenvalue weighted by atomic mass is 9.92. The van der Waals surface area contributed by atoms with E-state index in [1.165, 1.54) is 59.0 Å². The molecule has 1 spiro atoms. The van der Waals surface area contributed by atoms with Gasteiger partial charge in [0.15, 0.2) is 0 Å². The first kappa shape index (κ1) is 21.8. The van der Waals surface area contributed by atoms with E-state index in [0.29, 0.717) is 16.5 Å². The Balaban J connectivity index is 1.31. The summed E-state index contributed by atoms with van der Waals surface area (Å²) in [6, 6.07) is 10.8. The third-order valence-electron chi connectivity index (χ3n) is 6.72. The van der Waals surface area contributed by atoms with Gasteiger partial charge in [-0.1, -0.05) is 35.5 Å². The van der Waals surface area contributed by atoms with Crippen LogP contribution in [0.5, 0.6) is 0 Å². The number of carbonyl (C=O) groups excluding carboxylic acids is 1. The summed E-state index contributed by atoms with van der Waals surface area (Å²) in [5, 5.41) is 7.67. The molecule has 2 aromatic carbocycles. The molecule has 34 heavy (non-hydrogen) atoms. The Morgan fingerprint density at radius 2 is 2.06 bits per heavy atom. The Bertz CT molecular complexity index is 1320. The fraction of sp³-hybridized carbons (Fsp3) is 0.320. The topological polar surface area (TPSA) is 70.1 Å². The number of halogens is 2. The van der Waals surface area contributed by atoms with Gasteiger partial charge in [-0.15, -0.1) is 0 Å². The number of anilines is 3. The number of fused-ring (bicyclic) bond motifs is 3. The van der Waals surface area contributed by atoms with Gasteiger partial charge in [-0.05, 0) is 68.5 Å². The van der Waals surface area contributed by atoms with Crippen molar-refractivity contribution in [3.63, 3.8) is 0 Å². The normalized spacial score (nSPS) is 19.5. The number of para-hydroxylation sites is 1. The molecule has 0 atom stereocenters. The molecule has 2 aliphatic heterocycles. The van der Waals surface area contributed by atoms with Crippen LogP contribution in [-0.4, -0.2) is 27.3 Å². The molecule has 1 saturated carbocycles. The fourth-order valence-corrected chi connectivity index (χ4v) is 6.32. The maximum Gasteiger partial charge on any atom is 0.263 e. The average Bonchev–Trinajstić information content (AvgIpc) is 3.55. The van der Waals surface area contributed by atoms with Crippen LogP contribution in [0.25, 0.3) is 0 Å². The van der Waals surface area contributed by atoms with E-state index in [0.717, 1.165) is 18.7 Å². The van der Waals surface area contributed by atoms with E-state index in [9.17, 15) is 9.18 Å². The molecule has 2 N–H and O–H groups in total. The minimum atomic E-state index is -0.807. The van der Waals surface area contributed by atoms with Crippen LogP contribution in [0.3, 0.4) is 0 Å². The SMILES string of the molecule is CC1(C)Sc2nc(Nc3ccc4c(c3)CCNC43CC3)ncc2C(=O)N1c1c(F)cccc1Cl. The third kappa shape index (κ3) is 3.47. The minimum Gasteiger partial charge on any atom is -0.324 e. The van der Waals surface area contributed by atoms with E-state index in [1.807, 2.05) is 13.8 Å². The summed E-state index contributed by atoms with van der Waals surface area (Å²) in [6.07, 6.45) is 4.87. The number of nitrogens with zero attached hydrogens (tertiary/aromatic N) is 3. The van der Waals surface area contributed by atoms with Gasteiger partial charge in [0.05, 0.1) is 21.1 Å². The van der Waals surface area contributed by atoms with Crippen LogP contribution >= 0.6 is 23.4 Å². The van der Waals surface area contributed by atoms with Crippen molar-refractivity contribution in [3.8, 4) is 0 Å². The van der Waals surface area contributed by atoms with Crippen LogP contribution in [0, 0.1) is 5.82 Å². The van der Waals surface area contributed by atoms with Crippen molar-refractivity contribution in [1.82, 2.24) is 15.3 Å². The average molecular weight is 496 g/mol. The second-order valence-electron chi connectivity index (χ2n) is 9.43. The quantitative estimate of drug-likeness (QED) is 0.458. The van der Waals surface area contributed by atoms with Crippen LogP contribution < -0.4 is 15.5 Å². The van der Waals surface area contributed by atoms with Crippen LogP contribution in [0.2, 0.25) is 5.02 Å². The van der Waals surface area contributed by atoms with Gasteiger partial charge in [-0.3, -0.25) is 9.69 Å². The molecule has 6 rings (SSSR count). The molecule has 1 aromatic heterocycles. The van der Waals surface area contributed by atoms with E-state index in [4.69, 9.17) is 11.6 Å². The van der Waals surface area contributed by atoms with Crippen molar-refractivity contribution in [3.05, 3.63) is 70.1 Å². The van der Waals surface area contributed by atoms with Crippen LogP contribution in [0.4, 0.5) is 21.7 Å². The first-order valence-electron chi connectivity index (χ1n) is 11.3. The molecule has 1 aliphatic carbocycles. The summed E-state index contributed by atoms with van der Waals surface area (Å²) in [5.74, 6) is -0.511. The number of nitrogens with one attached hydrogen (secondary N) is 2. The summed E-state index contributed by atoms with van der Waals surface area (Å²) in [4.78, 5) is 23.0. The van der Waals surface area contributed by atoms with Gasteiger partial charge in [-0.2, -0.15) is 0 Å². The van der Waals surface area contributed by atoms with Gasteiger partial charge >= 0.3 is 0 Å². The van der Waals surface area contributed by atoms with Gasteiger partial charge in [0.2, 0.25) is 5.95 Å². The lowest BCUT2D eigenvalue weighted by Gasteiger charge is -2.41. The Morgan fingerprint density at radius 1 is 1.24 bits per heavy atom. The number of hydrogen-bond acceptors (Lipinski definition) is 6. The largest absolute Gasteiger partial charge is 0.324 e. The van der Waals surface area contributed by atoms with Crippen molar-refractivity contribution in [2.45, 2.75) is 48.5 Å². The number of thioether (sulfide) groups is 1. The van der Waals surface area contributed by atoms with Crippen molar-refractivity contribution in [2.24, 2.45) is 0 Å². The summed E-state index contributed by atoms with van der Waals surface area (Å²) in [6.45, 7) is 4.69. The first-order chi connectivity index (χ1) is 16.3. The smallest absolute Gasteiger partial charge is 0.263 e. The van der Waals surface area contributed by atoms with Crippen molar-refractivity contribution in [2.75, 3.05) is 16.8 Å². The predicted molar refractivity (Wildman–Crippen MR) is 133 cm³/mol. The van der Waals surface area contributed by atoms with Crippen molar-refractivity contribution < 1.29 is 9.18 Å². The van der Waals surface area contributed by atoms with E-state index >= 15 is 0 Å². The number of amides is 1. The number of aromatic nitrogens is 2. The summed E-state index contributed by atoms with van der Waals surface area (Å²) >= 11 is 7.66. The summed E-state index contributed by atoms with van der Waals surface area (Å²) < 4.78 is 14.7. The number of carbonyl (C=O) groups is 1. The van der Waals surface area contributed by atoms with Gasteiger partial charge in [0, 0.05) is 24.0 Å². The maximum absolute atomic E-state index is 14.7.